The fourth-order valence-corrected chi connectivity index (χ4v) is 1.35. The lowest BCUT2D eigenvalue weighted by Crippen LogP contribution is -2.20. The Kier molecular flexibility index (Phi) is 4.46. The summed E-state index contributed by atoms with van der Waals surface area (Å²) < 4.78 is 4.63. The highest BCUT2D eigenvalue weighted by Crippen LogP contribution is 2.30. The van der Waals surface area contributed by atoms with Gasteiger partial charge in [0.1, 0.15) is 5.75 Å². The maximum absolute atomic E-state index is 9.72. The summed E-state index contributed by atoms with van der Waals surface area (Å²) in [5.41, 5.74) is 0.759. The molecule has 5 heteroatoms. The number of hydrogen-bond donors (Lipinski definition) is 3. The zero-order valence-electron chi connectivity index (χ0n) is 8.68. The number of aryl methyl sites for hydroxylation is 1. The first-order valence-corrected chi connectivity index (χ1v) is 4.98. The second kappa shape index (κ2) is 5.63. The van der Waals surface area contributed by atoms with Crippen molar-refractivity contribution in [3.63, 3.8) is 0 Å². The fraction of sp³-hybridized carbons (Fsp3) is 0.400. The Bertz CT molecular complexity index is 314. The second-order valence-corrected chi connectivity index (χ2v) is 3.31. The topological polar surface area (TPSA) is 69.9 Å². The summed E-state index contributed by atoms with van der Waals surface area (Å²) in [6.45, 7) is 2.06. The Morgan fingerprint density at radius 1 is 1.33 bits per heavy atom. The molecule has 0 aromatic heterocycles. The molecule has 0 atom stereocenters. The van der Waals surface area contributed by atoms with Crippen LogP contribution in [0.5, 0.6) is 11.5 Å². The van der Waals surface area contributed by atoms with Crippen molar-refractivity contribution in [1.82, 2.24) is 0 Å². The minimum Gasteiger partial charge on any atom is -0.509 e. The number of aromatic hydroxyl groups is 1. The number of benzene rings is 1. The largest absolute Gasteiger partial charge is 0.707 e. The van der Waals surface area contributed by atoms with Gasteiger partial charge in [0.2, 0.25) is 0 Å². The van der Waals surface area contributed by atoms with Gasteiger partial charge in [-0.25, -0.2) is 0 Å². The first-order valence-electron chi connectivity index (χ1n) is 4.98. The van der Waals surface area contributed by atoms with Crippen LogP contribution in [0.2, 0.25) is 0 Å². The molecule has 0 amide bonds. The van der Waals surface area contributed by atoms with E-state index in [1.807, 2.05) is 0 Å². The summed E-state index contributed by atoms with van der Waals surface area (Å²) in [5.74, 6) is 0.0812. The molecule has 0 bridgehead atoms. The molecule has 15 heavy (non-hydrogen) atoms. The summed E-state index contributed by atoms with van der Waals surface area (Å²) in [4.78, 5) is 0. The van der Waals surface area contributed by atoms with Crippen LogP contribution in [0.3, 0.4) is 0 Å². The average Bonchev–Trinajstić information content (AvgIpc) is 2.19. The van der Waals surface area contributed by atoms with Crippen LogP contribution >= 0.6 is 0 Å². The van der Waals surface area contributed by atoms with Crippen LogP contribution in [-0.4, -0.2) is 22.5 Å². The van der Waals surface area contributed by atoms with E-state index in [0.29, 0.717) is 0 Å². The number of rotatable bonds is 5. The van der Waals surface area contributed by atoms with E-state index in [1.165, 1.54) is 6.07 Å². The highest BCUT2D eigenvalue weighted by Gasteiger charge is 2.15. The summed E-state index contributed by atoms with van der Waals surface area (Å²) >= 11 is 0. The van der Waals surface area contributed by atoms with Gasteiger partial charge in [0.15, 0.2) is 5.75 Å². The molecule has 1 aromatic carbocycles. The van der Waals surface area contributed by atoms with E-state index in [2.05, 4.69) is 11.6 Å². The normalized spacial score (nSPS) is 10.1. The van der Waals surface area contributed by atoms with Crippen molar-refractivity contribution >= 4 is 7.32 Å². The van der Waals surface area contributed by atoms with Crippen LogP contribution in [0, 0.1) is 0 Å². The number of para-hydroxylation sites is 1. The Balaban J connectivity index is 2.80. The van der Waals surface area contributed by atoms with Crippen LogP contribution in [0.1, 0.15) is 25.3 Å². The molecule has 1 rings (SSSR count). The number of unbranched alkanes of at least 4 members (excludes halogenated alkanes) is 1. The van der Waals surface area contributed by atoms with E-state index in [1.54, 1.807) is 12.1 Å². The van der Waals surface area contributed by atoms with Crippen LogP contribution in [-0.2, 0) is 6.42 Å². The lowest BCUT2D eigenvalue weighted by atomic mass is 10.1. The minimum atomic E-state index is -1.91. The number of phenolic OH excluding ortho intramolecular Hbond substituents is 1. The van der Waals surface area contributed by atoms with Crippen molar-refractivity contribution in [2.24, 2.45) is 0 Å². The molecule has 4 nitrogen and oxygen atoms in total. The van der Waals surface area contributed by atoms with E-state index < -0.39 is 7.32 Å². The van der Waals surface area contributed by atoms with Crippen molar-refractivity contribution in [3.8, 4) is 11.5 Å². The second-order valence-electron chi connectivity index (χ2n) is 3.31. The van der Waals surface area contributed by atoms with Gasteiger partial charge in [-0.2, -0.15) is 0 Å². The molecule has 0 saturated heterocycles. The van der Waals surface area contributed by atoms with Crippen molar-refractivity contribution in [1.29, 1.82) is 0 Å². The molecule has 0 fully saturated rings. The predicted octanol–water partition coefficient (Wildman–Crippen LogP) is 1.08. The molecule has 0 spiro atoms. The highest BCUT2D eigenvalue weighted by atomic mass is 16.6. The molecule has 0 aliphatic carbocycles. The van der Waals surface area contributed by atoms with Crippen molar-refractivity contribution in [3.05, 3.63) is 23.8 Å². The van der Waals surface area contributed by atoms with E-state index in [0.717, 1.165) is 24.8 Å². The summed E-state index contributed by atoms with van der Waals surface area (Å²) in [5, 5.41) is 27.0. The Labute approximate surface area is 89.3 Å². The van der Waals surface area contributed by atoms with E-state index in [4.69, 9.17) is 10.0 Å². The van der Waals surface area contributed by atoms with Crippen molar-refractivity contribution in [2.75, 3.05) is 0 Å². The van der Waals surface area contributed by atoms with Crippen LogP contribution in [0.4, 0.5) is 0 Å². The quantitative estimate of drug-likeness (QED) is 0.636. The SMILES string of the molecule is CCCCc1cccc(OB(O)O)c1O. The zero-order chi connectivity index (χ0) is 11.3. The molecule has 0 radical (unpaired) electrons. The zero-order valence-corrected chi connectivity index (χ0v) is 8.68. The first-order chi connectivity index (χ1) is 7.15. The molecule has 1 aromatic rings. The lowest BCUT2D eigenvalue weighted by molar-refractivity contribution is 0.281. The fourth-order valence-electron chi connectivity index (χ4n) is 1.35. The van der Waals surface area contributed by atoms with Gasteiger partial charge in [-0.15, -0.1) is 0 Å². The monoisotopic (exact) mass is 210 g/mol. The van der Waals surface area contributed by atoms with Gasteiger partial charge in [-0.3, -0.25) is 0 Å². The Morgan fingerprint density at radius 2 is 2.07 bits per heavy atom. The third kappa shape index (κ3) is 3.45. The molecular weight excluding hydrogens is 195 g/mol. The van der Waals surface area contributed by atoms with Crippen LogP contribution < -0.4 is 4.65 Å². The maximum atomic E-state index is 9.72. The predicted molar refractivity (Wildman–Crippen MR) is 57.5 cm³/mol. The van der Waals surface area contributed by atoms with Gasteiger partial charge >= 0.3 is 7.32 Å². The van der Waals surface area contributed by atoms with E-state index >= 15 is 0 Å². The molecule has 0 aliphatic rings. The highest BCUT2D eigenvalue weighted by molar-refractivity contribution is 6.33. The number of phenols is 1. The Hall–Kier alpha value is -1.20. The lowest BCUT2D eigenvalue weighted by Gasteiger charge is -2.10. The van der Waals surface area contributed by atoms with Gasteiger partial charge in [0, 0.05) is 0 Å². The van der Waals surface area contributed by atoms with E-state index in [-0.39, 0.29) is 11.5 Å². The Morgan fingerprint density at radius 3 is 2.67 bits per heavy atom. The molecule has 0 saturated carbocycles. The van der Waals surface area contributed by atoms with Gasteiger partial charge in [0.05, 0.1) is 0 Å². The van der Waals surface area contributed by atoms with Gasteiger partial charge in [0.25, 0.3) is 0 Å². The molecule has 3 N–H and O–H groups in total. The summed E-state index contributed by atoms with van der Waals surface area (Å²) in [6.07, 6.45) is 2.76. The van der Waals surface area contributed by atoms with Gasteiger partial charge in [-0.1, -0.05) is 25.5 Å². The standard InChI is InChI=1S/C10H15BO4/c1-2-3-5-8-6-4-7-9(10(8)12)15-11(13)14/h4,6-7,12-14H,2-3,5H2,1H3. The average molecular weight is 210 g/mol. The molecule has 0 unspecified atom stereocenters. The molecule has 0 heterocycles. The summed E-state index contributed by atoms with van der Waals surface area (Å²) in [6, 6.07) is 4.99. The third-order valence-electron chi connectivity index (χ3n) is 2.11. The number of hydrogen-bond acceptors (Lipinski definition) is 4. The van der Waals surface area contributed by atoms with Crippen LogP contribution in [0.15, 0.2) is 18.2 Å². The molecule has 0 aliphatic heterocycles. The first kappa shape index (κ1) is 11.9. The molecular formula is C10H15BO4. The minimum absolute atomic E-state index is 0.0148. The summed E-state index contributed by atoms with van der Waals surface area (Å²) in [7, 11) is -1.91. The smallest absolute Gasteiger partial charge is 0.509 e. The van der Waals surface area contributed by atoms with Gasteiger partial charge in [-0.05, 0) is 24.5 Å². The molecule has 82 valence electrons. The third-order valence-corrected chi connectivity index (χ3v) is 2.11. The van der Waals surface area contributed by atoms with Crippen LogP contribution in [0.25, 0.3) is 0 Å². The van der Waals surface area contributed by atoms with Gasteiger partial charge < -0.3 is 19.8 Å². The van der Waals surface area contributed by atoms with Crippen molar-refractivity contribution < 1.29 is 19.8 Å². The maximum Gasteiger partial charge on any atom is 0.707 e. The van der Waals surface area contributed by atoms with Crippen molar-refractivity contribution in [2.45, 2.75) is 26.2 Å². The van der Waals surface area contributed by atoms with E-state index in [9.17, 15) is 5.11 Å².